The van der Waals surface area contributed by atoms with Crippen LogP contribution in [-0.2, 0) is 28.5 Å². The van der Waals surface area contributed by atoms with Gasteiger partial charge in [-0.05, 0) is 28.7 Å². The molecule has 0 fully saturated rings. The Bertz CT molecular complexity index is 872. The Labute approximate surface area is 200 Å². The third kappa shape index (κ3) is 7.83. The monoisotopic (exact) mass is 471 g/mol. The van der Waals surface area contributed by atoms with Crippen molar-refractivity contribution in [2.45, 2.75) is 18.8 Å². The number of ether oxygens (including phenoxy) is 5. The van der Waals surface area contributed by atoms with Crippen LogP contribution in [0.5, 0.6) is 0 Å². The fraction of sp³-hybridized carbons (Fsp3) is 0.462. The molecule has 0 aliphatic heterocycles. The smallest absolute Gasteiger partial charge is 0.407 e. The molecule has 0 saturated carbocycles. The maximum absolute atomic E-state index is 12.1. The minimum Gasteiger partial charge on any atom is -0.469 e. The summed E-state index contributed by atoms with van der Waals surface area (Å²) in [5.74, 6) is -0.234. The third-order valence-electron chi connectivity index (χ3n) is 5.50. The highest BCUT2D eigenvalue weighted by Crippen LogP contribution is 2.44. The summed E-state index contributed by atoms with van der Waals surface area (Å²) in [6.45, 7) is 3.40. The average Bonchev–Trinajstić information content (AvgIpc) is 3.19. The Hall–Kier alpha value is -2.94. The van der Waals surface area contributed by atoms with Crippen molar-refractivity contribution in [3.63, 3.8) is 0 Å². The van der Waals surface area contributed by atoms with Crippen molar-refractivity contribution in [2.24, 2.45) is 0 Å². The van der Waals surface area contributed by atoms with Gasteiger partial charge in [-0.15, -0.1) is 0 Å². The number of fused-ring (bicyclic) bond motifs is 3. The lowest BCUT2D eigenvalue weighted by Gasteiger charge is -2.14. The fourth-order valence-corrected chi connectivity index (χ4v) is 3.81. The average molecular weight is 472 g/mol. The quantitative estimate of drug-likeness (QED) is 0.314. The molecule has 1 amide bonds. The molecule has 1 N–H and O–H groups in total. The third-order valence-corrected chi connectivity index (χ3v) is 5.50. The van der Waals surface area contributed by atoms with E-state index in [2.05, 4.69) is 34.3 Å². The molecule has 0 aromatic heterocycles. The van der Waals surface area contributed by atoms with E-state index in [-0.39, 0.29) is 18.3 Å². The first-order chi connectivity index (χ1) is 16.7. The number of rotatable bonds is 15. The van der Waals surface area contributed by atoms with E-state index in [0.29, 0.717) is 59.2 Å². The van der Waals surface area contributed by atoms with Gasteiger partial charge in [-0.1, -0.05) is 48.5 Å². The van der Waals surface area contributed by atoms with Crippen LogP contribution in [0.4, 0.5) is 4.79 Å². The van der Waals surface area contributed by atoms with Crippen LogP contribution in [0.25, 0.3) is 11.1 Å². The van der Waals surface area contributed by atoms with Gasteiger partial charge in [0.1, 0.15) is 6.61 Å². The molecule has 8 heteroatoms. The van der Waals surface area contributed by atoms with Gasteiger partial charge in [-0.2, -0.15) is 0 Å². The van der Waals surface area contributed by atoms with Crippen molar-refractivity contribution in [1.29, 1.82) is 0 Å². The van der Waals surface area contributed by atoms with Gasteiger partial charge in [0.2, 0.25) is 0 Å². The molecule has 0 atom stereocenters. The van der Waals surface area contributed by atoms with Crippen molar-refractivity contribution in [3.8, 4) is 11.1 Å². The Balaban J connectivity index is 1.20. The number of hydrogen-bond donors (Lipinski definition) is 1. The molecule has 0 bridgehead atoms. The molecule has 0 spiro atoms. The number of carbonyl (C=O) groups excluding carboxylic acids is 2. The van der Waals surface area contributed by atoms with Gasteiger partial charge >= 0.3 is 12.1 Å². The second-order valence-corrected chi connectivity index (χ2v) is 7.77. The lowest BCUT2D eigenvalue weighted by molar-refractivity contribution is -0.141. The molecular formula is C26H33NO7. The van der Waals surface area contributed by atoms with Gasteiger partial charge in [0, 0.05) is 19.1 Å². The summed E-state index contributed by atoms with van der Waals surface area (Å²) in [5, 5.41) is 2.78. The van der Waals surface area contributed by atoms with Gasteiger partial charge in [-0.25, -0.2) is 4.79 Å². The first-order valence-corrected chi connectivity index (χ1v) is 11.6. The number of benzene rings is 2. The van der Waals surface area contributed by atoms with E-state index in [9.17, 15) is 9.59 Å². The number of nitrogens with one attached hydrogen (secondary N) is 1. The lowest BCUT2D eigenvalue weighted by atomic mass is 9.98. The first kappa shape index (κ1) is 25.7. The van der Waals surface area contributed by atoms with E-state index in [1.807, 2.05) is 24.3 Å². The molecule has 1 aliphatic rings. The summed E-state index contributed by atoms with van der Waals surface area (Å²) < 4.78 is 26.2. The normalized spacial score (nSPS) is 12.1. The number of esters is 1. The highest BCUT2D eigenvalue weighted by atomic mass is 16.6. The predicted molar refractivity (Wildman–Crippen MR) is 127 cm³/mol. The van der Waals surface area contributed by atoms with E-state index in [1.165, 1.54) is 29.4 Å². The van der Waals surface area contributed by atoms with Crippen LogP contribution in [0.1, 0.15) is 29.9 Å². The molecule has 1 aliphatic carbocycles. The summed E-state index contributed by atoms with van der Waals surface area (Å²) in [4.78, 5) is 23.0. The molecule has 2 aromatic carbocycles. The zero-order valence-corrected chi connectivity index (χ0v) is 19.6. The zero-order chi connectivity index (χ0) is 24.0. The number of amides is 1. The van der Waals surface area contributed by atoms with E-state index >= 15 is 0 Å². The molecule has 0 heterocycles. The Morgan fingerprint density at radius 1 is 0.794 bits per heavy atom. The van der Waals surface area contributed by atoms with Crippen molar-refractivity contribution < 1.29 is 33.3 Å². The molecule has 8 nitrogen and oxygen atoms in total. The van der Waals surface area contributed by atoms with Gasteiger partial charge in [0.25, 0.3) is 0 Å². The fourth-order valence-electron chi connectivity index (χ4n) is 3.81. The maximum atomic E-state index is 12.1. The summed E-state index contributed by atoms with van der Waals surface area (Å²) in [6, 6.07) is 16.5. The van der Waals surface area contributed by atoms with Crippen LogP contribution < -0.4 is 5.32 Å². The van der Waals surface area contributed by atoms with Crippen molar-refractivity contribution in [3.05, 3.63) is 59.7 Å². The minimum absolute atomic E-state index is 0.0553. The van der Waals surface area contributed by atoms with Crippen molar-refractivity contribution in [2.75, 3.05) is 59.9 Å². The number of alkyl carbamates (subject to hydrolysis) is 1. The van der Waals surface area contributed by atoms with Gasteiger partial charge in [0.15, 0.2) is 0 Å². The molecule has 184 valence electrons. The van der Waals surface area contributed by atoms with Gasteiger partial charge < -0.3 is 29.0 Å². The minimum atomic E-state index is -0.419. The first-order valence-electron chi connectivity index (χ1n) is 11.6. The van der Waals surface area contributed by atoms with Crippen molar-refractivity contribution in [1.82, 2.24) is 5.32 Å². The number of carbonyl (C=O) groups is 2. The number of methoxy groups -OCH3 is 1. The maximum Gasteiger partial charge on any atom is 0.407 e. The SMILES string of the molecule is COC(=O)CCOCCOCCOCCCNC(=O)OCC1c2ccccc2-c2ccccc21. The Morgan fingerprint density at radius 2 is 1.35 bits per heavy atom. The zero-order valence-electron chi connectivity index (χ0n) is 19.6. The predicted octanol–water partition coefficient (Wildman–Crippen LogP) is 3.53. The molecule has 34 heavy (non-hydrogen) atoms. The molecule has 0 saturated heterocycles. The second kappa shape index (κ2) is 14.3. The Kier molecular flexibility index (Phi) is 10.8. The lowest BCUT2D eigenvalue weighted by Crippen LogP contribution is -2.27. The largest absolute Gasteiger partial charge is 0.469 e. The molecular weight excluding hydrogens is 438 g/mol. The molecule has 3 rings (SSSR count). The topological polar surface area (TPSA) is 92.3 Å². The highest BCUT2D eigenvalue weighted by molar-refractivity contribution is 5.79. The van der Waals surface area contributed by atoms with Crippen LogP contribution in [0.15, 0.2) is 48.5 Å². The summed E-state index contributed by atoms with van der Waals surface area (Å²) >= 11 is 0. The standard InChI is InChI=1S/C26H33NO7/c1-30-25(28)11-14-32-16-18-33-17-15-31-13-6-12-27-26(29)34-19-24-22-9-4-2-7-20(22)21-8-3-5-10-23(21)24/h2-5,7-10,24H,6,11-19H2,1H3,(H,27,29). The van der Waals surface area contributed by atoms with E-state index in [1.54, 1.807) is 0 Å². The number of hydrogen-bond acceptors (Lipinski definition) is 7. The van der Waals surface area contributed by atoms with E-state index in [4.69, 9.17) is 18.9 Å². The van der Waals surface area contributed by atoms with Crippen LogP contribution in [0.3, 0.4) is 0 Å². The highest BCUT2D eigenvalue weighted by Gasteiger charge is 2.28. The van der Waals surface area contributed by atoms with E-state index < -0.39 is 6.09 Å². The molecule has 2 aromatic rings. The summed E-state index contributed by atoms with van der Waals surface area (Å²) in [7, 11) is 1.35. The van der Waals surface area contributed by atoms with Crippen LogP contribution in [0.2, 0.25) is 0 Å². The van der Waals surface area contributed by atoms with Gasteiger partial charge in [-0.3, -0.25) is 4.79 Å². The second-order valence-electron chi connectivity index (χ2n) is 7.77. The van der Waals surface area contributed by atoms with Gasteiger partial charge in [0.05, 0.1) is 46.6 Å². The molecule has 0 unspecified atom stereocenters. The molecule has 0 radical (unpaired) electrons. The van der Waals surface area contributed by atoms with E-state index in [0.717, 1.165) is 0 Å². The summed E-state index contributed by atoms with van der Waals surface area (Å²) in [5.41, 5.74) is 4.80. The van der Waals surface area contributed by atoms with Crippen LogP contribution in [-0.4, -0.2) is 72.0 Å². The van der Waals surface area contributed by atoms with Crippen LogP contribution >= 0.6 is 0 Å². The van der Waals surface area contributed by atoms with Crippen LogP contribution in [0, 0.1) is 0 Å². The summed E-state index contributed by atoms with van der Waals surface area (Å²) in [6.07, 6.45) is 0.502. The van der Waals surface area contributed by atoms with Crippen molar-refractivity contribution >= 4 is 12.1 Å². The Morgan fingerprint density at radius 3 is 1.97 bits per heavy atom.